The Morgan fingerprint density at radius 2 is 2.17 bits per heavy atom. The highest BCUT2D eigenvalue weighted by molar-refractivity contribution is 6.29. The highest BCUT2D eigenvalue weighted by atomic mass is 35.5. The van der Waals surface area contributed by atoms with Crippen LogP contribution in [0.4, 0.5) is 0 Å². The lowest BCUT2D eigenvalue weighted by Gasteiger charge is -2.44. The van der Waals surface area contributed by atoms with E-state index in [2.05, 4.69) is 23.4 Å². The fraction of sp³-hybridized carbons (Fsp3) is 0.632. The molecule has 0 spiro atoms. The van der Waals surface area contributed by atoms with E-state index in [1.54, 1.807) is 13.3 Å². The molecule has 5 heteroatoms. The van der Waals surface area contributed by atoms with Crippen LogP contribution in [0.3, 0.4) is 0 Å². The number of halogens is 1. The van der Waals surface area contributed by atoms with Gasteiger partial charge in [-0.05, 0) is 67.5 Å². The predicted molar refractivity (Wildman–Crippen MR) is 96.0 cm³/mol. The molecular weight excluding hydrogens is 324 g/mol. The third kappa shape index (κ3) is 3.46. The summed E-state index contributed by atoms with van der Waals surface area (Å²) in [6.45, 7) is 3.94. The van der Waals surface area contributed by atoms with Crippen molar-refractivity contribution >= 4 is 11.6 Å². The maximum Gasteiger partial charge on any atom is 0.129 e. The zero-order chi connectivity index (χ0) is 17.0. The summed E-state index contributed by atoms with van der Waals surface area (Å²) in [6, 6.07) is 4.45. The molecule has 1 saturated carbocycles. The molecule has 0 aromatic carbocycles. The topological polar surface area (TPSA) is 43.4 Å². The third-order valence-corrected chi connectivity index (χ3v) is 5.65. The number of hydrogen-bond donors (Lipinski definition) is 1. The maximum absolute atomic E-state index is 6.17. The molecular formula is C19H27ClN2O2. The van der Waals surface area contributed by atoms with Crippen molar-refractivity contribution in [2.45, 2.75) is 50.7 Å². The number of pyridine rings is 1. The van der Waals surface area contributed by atoms with Crippen LogP contribution in [0.25, 0.3) is 0 Å². The van der Waals surface area contributed by atoms with E-state index >= 15 is 0 Å². The number of ether oxygens (including phenoxy) is 2. The summed E-state index contributed by atoms with van der Waals surface area (Å²) in [5, 5.41) is 4.13. The number of methoxy groups -OCH3 is 1. The molecule has 2 unspecified atom stereocenters. The van der Waals surface area contributed by atoms with Crippen LogP contribution >= 0.6 is 11.6 Å². The zero-order valence-electron chi connectivity index (χ0n) is 14.6. The van der Waals surface area contributed by atoms with E-state index in [4.69, 9.17) is 21.1 Å². The molecule has 3 rings (SSSR count). The van der Waals surface area contributed by atoms with Gasteiger partial charge in [-0.3, -0.25) is 0 Å². The quantitative estimate of drug-likeness (QED) is 0.832. The monoisotopic (exact) mass is 350 g/mol. The Bertz CT molecular complexity index is 586. The van der Waals surface area contributed by atoms with Gasteiger partial charge in [0.15, 0.2) is 0 Å². The molecule has 4 nitrogen and oxygen atoms in total. The second kappa shape index (κ2) is 7.85. The zero-order valence-corrected chi connectivity index (χ0v) is 15.3. The van der Waals surface area contributed by atoms with Crippen molar-refractivity contribution in [2.24, 2.45) is 5.92 Å². The van der Waals surface area contributed by atoms with Gasteiger partial charge in [0, 0.05) is 32.6 Å². The molecule has 24 heavy (non-hydrogen) atoms. The van der Waals surface area contributed by atoms with Gasteiger partial charge in [-0.25, -0.2) is 4.98 Å². The van der Waals surface area contributed by atoms with Gasteiger partial charge in [0.1, 0.15) is 10.8 Å². The van der Waals surface area contributed by atoms with Gasteiger partial charge >= 0.3 is 0 Å². The molecule has 0 radical (unpaired) electrons. The van der Waals surface area contributed by atoms with Crippen LogP contribution in [0.1, 0.15) is 44.6 Å². The number of hydrogen-bond acceptors (Lipinski definition) is 4. The van der Waals surface area contributed by atoms with Crippen molar-refractivity contribution < 1.29 is 9.47 Å². The summed E-state index contributed by atoms with van der Waals surface area (Å²) in [5.74, 6) is 0.387. The van der Waals surface area contributed by atoms with Crippen molar-refractivity contribution in [3.8, 4) is 0 Å². The Kier molecular flexibility index (Phi) is 5.80. The Labute approximate surface area is 149 Å². The molecule has 2 heterocycles. The van der Waals surface area contributed by atoms with Gasteiger partial charge in [-0.2, -0.15) is 0 Å². The normalized spacial score (nSPS) is 30.5. The second-order valence-corrected chi connectivity index (χ2v) is 7.21. The molecule has 2 atom stereocenters. The molecule has 1 aliphatic heterocycles. The summed E-state index contributed by atoms with van der Waals surface area (Å²) in [5.41, 5.74) is 1.97. The van der Waals surface area contributed by atoms with Gasteiger partial charge in [0.05, 0.1) is 0 Å². The van der Waals surface area contributed by atoms with Crippen molar-refractivity contribution in [2.75, 3.05) is 20.3 Å². The van der Waals surface area contributed by atoms with E-state index in [1.807, 2.05) is 12.1 Å². The Balaban J connectivity index is 1.92. The lowest BCUT2D eigenvalue weighted by atomic mass is 9.69. The molecule has 0 bridgehead atoms. The van der Waals surface area contributed by atoms with Gasteiger partial charge in [0.2, 0.25) is 0 Å². The fourth-order valence-electron chi connectivity index (χ4n) is 4.12. The van der Waals surface area contributed by atoms with Crippen LogP contribution in [0.15, 0.2) is 30.1 Å². The first-order valence-electron chi connectivity index (χ1n) is 8.87. The van der Waals surface area contributed by atoms with Crippen molar-refractivity contribution in [1.82, 2.24) is 10.3 Å². The molecule has 1 aromatic rings. The average molecular weight is 351 g/mol. The van der Waals surface area contributed by atoms with Gasteiger partial charge < -0.3 is 14.8 Å². The Morgan fingerprint density at radius 3 is 2.88 bits per heavy atom. The minimum atomic E-state index is -0.428. The molecule has 2 fully saturated rings. The Hall–Kier alpha value is -1.10. The number of nitrogens with zero attached hydrogens (tertiary/aromatic N) is 1. The van der Waals surface area contributed by atoms with E-state index in [0.29, 0.717) is 17.1 Å². The Morgan fingerprint density at radius 1 is 1.38 bits per heavy atom. The van der Waals surface area contributed by atoms with Crippen molar-refractivity contribution in [3.05, 3.63) is 40.8 Å². The second-order valence-electron chi connectivity index (χ2n) is 6.82. The minimum absolute atomic E-state index is 0.387. The first-order valence-corrected chi connectivity index (χ1v) is 9.25. The van der Waals surface area contributed by atoms with Gasteiger partial charge in [-0.1, -0.05) is 18.5 Å². The minimum Gasteiger partial charge on any atom is -0.388 e. The molecule has 1 aliphatic carbocycles. The molecule has 2 aliphatic rings. The molecule has 1 saturated heterocycles. The molecule has 1 N–H and O–H groups in total. The van der Waals surface area contributed by atoms with Crippen molar-refractivity contribution in [1.29, 1.82) is 0 Å². The summed E-state index contributed by atoms with van der Waals surface area (Å²) >= 11 is 6.16. The average Bonchev–Trinajstić information content (AvgIpc) is 2.61. The molecule has 132 valence electrons. The highest BCUT2D eigenvalue weighted by Crippen LogP contribution is 2.47. The van der Waals surface area contributed by atoms with E-state index in [0.717, 1.165) is 44.5 Å². The molecule has 0 amide bonds. The summed E-state index contributed by atoms with van der Waals surface area (Å²) < 4.78 is 11.6. The number of rotatable bonds is 4. The smallest absolute Gasteiger partial charge is 0.129 e. The lowest BCUT2D eigenvalue weighted by molar-refractivity contribution is -0.0435. The van der Waals surface area contributed by atoms with Gasteiger partial charge in [-0.15, -0.1) is 0 Å². The van der Waals surface area contributed by atoms with E-state index in [-0.39, 0.29) is 0 Å². The predicted octanol–water partition coefficient (Wildman–Crippen LogP) is 4.05. The largest absolute Gasteiger partial charge is 0.388 e. The van der Waals surface area contributed by atoms with E-state index in [9.17, 15) is 0 Å². The first-order chi connectivity index (χ1) is 11.7. The standard InChI is InChI=1S/C19H27ClN2O2/c1-14-4-3-5-16(13-22-17-7-10-24-11-8-17)19(14,23-2)15-6-9-21-18(20)12-15/h6,9,12-14,17,22H,3-5,7-8,10-11H2,1-2H3/b16-13-. The summed E-state index contributed by atoms with van der Waals surface area (Å²) in [6.07, 6.45) is 9.44. The van der Waals surface area contributed by atoms with E-state index in [1.165, 1.54) is 12.0 Å². The van der Waals surface area contributed by atoms with Crippen LogP contribution in [0, 0.1) is 5.92 Å². The van der Waals surface area contributed by atoms with Crippen LogP contribution in [-0.4, -0.2) is 31.3 Å². The van der Waals surface area contributed by atoms with Crippen LogP contribution in [0.5, 0.6) is 0 Å². The first kappa shape index (κ1) is 17.7. The summed E-state index contributed by atoms with van der Waals surface area (Å²) in [4.78, 5) is 4.13. The van der Waals surface area contributed by atoms with Crippen LogP contribution < -0.4 is 5.32 Å². The van der Waals surface area contributed by atoms with Crippen LogP contribution in [-0.2, 0) is 15.1 Å². The maximum atomic E-state index is 6.17. The number of nitrogens with one attached hydrogen (secondary N) is 1. The molecule has 1 aromatic heterocycles. The van der Waals surface area contributed by atoms with E-state index < -0.39 is 5.60 Å². The third-order valence-electron chi connectivity index (χ3n) is 5.45. The van der Waals surface area contributed by atoms with Crippen molar-refractivity contribution in [3.63, 3.8) is 0 Å². The van der Waals surface area contributed by atoms with Gasteiger partial charge in [0.25, 0.3) is 0 Å². The fourth-order valence-corrected chi connectivity index (χ4v) is 4.29. The lowest BCUT2D eigenvalue weighted by Crippen LogP contribution is -2.42. The SMILES string of the molecule is COC1(c2ccnc(Cl)c2)/C(=C\NC2CCOCC2)CCCC1C. The summed E-state index contributed by atoms with van der Waals surface area (Å²) in [7, 11) is 1.80. The van der Waals surface area contributed by atoms with Crippen LogP contribution in [0.2, 0.25) is 5.15 Å². The number of aromatic nitrogens is 1. The highest BCUT2D eigenvalue weighted by Gasteiger charge is 2.44.